The normalized spacial score (nSPS) is 17.3. The van der Waals surface area contributed by atoms with Crippen molar-refractivity contribution in [2.75, 3.05) is 6.79 Å². The number of hydrogen-bond donors (Lipinski definition) is 1. The maximum atomic E-state index is 11.7. The summed E-state index contributed by atoms with van der Waals surface area (Å²) in [6, 6.07) is 5.66. The molecule has 2 aliphatic rings. The Labute approximate surface area is 110 Å². The summed E-state index contributed by atoms with van der Waals surface area (Å²) in [6.45, 7) is 2.66. The fourth-order valence-corrected chi connectivity index (χ4v) is 1.88. The van der Waals surface area contributed by atoms with Gasteiger partial charge < -0.3 is 14.8 Å². The van der Waals surface area contributed by atoms with E-state index in [0.717, 1.165) is 17.1 Å². The van der Waals surface area contributed by atoms with Gasteiger partial charge >= 0.3 is 0 Å². The van der Waals surface area contributed by atoms with E-state index in [1.54, 1.807) is 0 Å². The Bertz CT molecular complexity index is 536. The molecule has 0 aromatic heterocycles. The van der Waals surface area contributed by atoms with Crippen LogP contribution in [0.5, 0.6) is 11.5 Å². The lowest BCUT2D eigenvalue weighted by atomic mass is 10.1. The average Bonchev–Trinajstić information content (AvgIpc) is 2.97. The zero-order valence-electron chi connectivity index (χ0n) is 10.7. The zero-order chi connectivity index (χ0) is 13.3. The molecule has 0 bridgehead atoms. The molecule has 1 aromatic rings. The number of hydrogen-bond acceptors (Lipinski definition) is 5. The Morgan fingerprint density at radius 3 is 2.95 bits per heavy atom. The second kappa shape index (κ2) is 4.53. The highest BCUT2D eigenvalue weighted by Crippen LogP contribution is 2.33. The van der Waals surface area contributed by atoms with Gasteiger partial charge in [-0.25, -0.2) is 0 Å². The van der Waals surface area contributed by atoms with Gasteiger partial charge in [-0.3, -0.25) is 4.79 Å². The molecule has 0 spiro atoms. The van der Waals surface area contributed by atoms with Gasteiger partial charge in [0.25, 0.3) is 0 Å². The molecule has 2 aliphatic heterocycles. The summed E-state index contributed by atoms with van der Waals surface area (Å²) in [6.07, 6.45) is 1.11. The third kappa shape index (κ3) is 2.83. The molecular weight excluding hydrogens is 246 g/mol. The summed E-state index contributed by atoms with van der Waals surface area (Å²) < 4.78 is 10.5. The van der Waals surface area contributed by atoms with Gasteiger partial charge in [-0.15, -0.1) is 0 Å². The van der Waals surface area contributed by atoms with Crippen LogP contribution in [0.1, 0.15) is 25.3 Å². The average molecular weight is 261 g/mol. The highest BCUT2D eigenvalue weighted by molar-refractivity contribution is 5.76. The van der Waals surface area contributed by atoms with E-state index < -0.39 is 0 Å². The van der Waals surface area contributed by atoms with Gasteiger partial charge in [-0.1, -0.05) is 6.07 Å². The van der Waals surface area contributed by atoms with Crippen LogP contribution in [0, 0.1) is 0 Å². The highest BCUT2D eigenvalue weighted by Gasteiger charge is 2.33. The molecule has 0 saturated carbocycles. The van der Waals surface area contributed by atoms with Crippen LogP contribution >= 0.6 is 0 Å². The summed E-state index contributed by atoms with van der Waals surface area (Å²) in [7, 11) is 0. The van der Waals surface area contributed by atoms with E-state index in [0.29, 0.717) is 19.4 Å². The van der Waals surface area contributed by atoms with Crippen molar-refractivity contribution in [2.24, 2.45) is 10.2 Å². The number of benzene rings is 1. The van der Waals surface area contributed by atoms with Crippen molar-refractivity contribution in [1.29, 1.82) is 0 Å². The lowest BCUT2D eigenvalue weighted by Gasteiger charge is -2.07. The minimum Gasteiger partial charge on any atom is -0.454 e. The topological polar surface area (TPSA) is 72.3 Å². The Hall–Kier alpha value is -2.11. The predicted molar refractivity (Wildman–Crippen MR) is 66.9 cm³/mol. The smallest absolute Gasteiger partial charge is 0.231 e. The molecule has 0 unspecified atom stereocenters. The van der Waals surface area contributed by atoms with Crippen LogP contribution in [-0.4, -0.2) is 18.4 Å². The van der Waals surface area contributed by atoms with Crippen LogP contribution in [-0.2, 0) is 11.3 Å². The summed E-state index contributed by atoms with van der Waals surface area (Å²) >= 11 is 0. The minimum atomic E-state index is -0.309. The van der Waals surface area contributed by atoms with Crippen LogP contribution in [0.4, 0.5) is 0 Å². The maximum Gasteiger partial charge on any atom is 0.231 e. The van der Waals surface area contributed by atoms with Gasteiger partial charge in [-0.05, 0) is 24.6 Å². The van der Waals surface area contributed by atoms with Crippen LogP contribution < -0.4 is 14.8 Å². The first kappa shape index (κ1) is 12.0. The zero-order valence-corrected chi connectivity index (χ0v) is 10.7. The standard InChI is InChI=1S/C13H15N3O3/c1-13(15-16-13)5-4-12(17)14-7-9-2-3-10-11(6-9)19-8-18-10/h2-3,6H,4-5,7-8H2,1H3,(H,14,17). The van der Waals surface area contributed by atoms with E-state index >= 15 is 0 Å². The van der Waals surface area contributed by atoms with Crippen LogP contribution in [0.3, 0.4) is 0 Å². The third-order valence-electron chi connectivity index (χ3n) is 3.19. The summed E-state index contributed by atoms with van der Waals surface area (Å²) in [5.41, 5.74) is 0.681. The largest absolute Gasteiger partial charge is 0.454 e. The second-order valence-electron chi connectivity index (χ2n) is 4.88. The van der Waals surface area contributed by atoms with Crippen molar-refractivity contribution in [3.8, 4) is 11.5 Å². The second-order valence-corrected chi connectivity index (χ2v) is 4.88. The SMILES string of the molecule is CC1(CCC(=O)NCc2ccc3c(c2)OCO3)N=N1. The molecule has 1 amide bonds. The molecule has 0 aliphatic carbocycles. The molecule has 2 heterocycles. The van der Waals surface area contributed by atoms with E-state index in [1.165, 1.54) is 0 Å². The highest BCUT2D eigenvalue weighted by atomic mass is 16.7. The summed E-state index contributed by atoms with van der Waals surface area (Å²) in [5.74, 6) is 1.49. The van der Waals surface area contributed by atoms with Gasteiger partial charge in [0.15, 0.2) is 17.2 Å². The maximum absolute atomic E-state index is 11.7. The van der Waals surface area contributed by atoms with Crippen molar-refractivity contribution in [3.63, 3.8) is 0 Å². The fourth-order valence-electron chi connectivity index (χ4n) is 1.88. The Morgan fingerprint density at radius 2 is 2.16 bits per heavy atom. The first-order valence-electron chi connectivity index (χ1n) is 6.24. The van der Waals surface area contributed by atoms with Crippen LogP contribution in [0.2, 0.25) is 0 Å². The number of fused-ring (bicyclic) bond motifs is 1. The van der Waals surface area contributed by atoms with Crippen molar-refractivity contribution < 1.29 is 14.3 Å². The molecule has 6 heteroatoms. The van der Waals surface area contributed by atoms with Gasteiger partial charge in [0.2, 0.25) is 12.7 Å². The van der Waals surface area contributed by atoms with E-state index in [-0.39, 0.29) is 18.4 Å². The molecule has 0 atom stereocenters. The van der Waals surface area contributed by atoms with Crippen LogP contribution in [0.25, 0.3) is 0 Å². The number of rotatable bonds is 5. The molecule has 6 nitrogen and oxygen atoms in total. The van der Waals surface area contributed by atoms with Crippen molar-refractivity contribution in [2.45, 2.75) is 32.0 Å². The van der Waals surface area contributed by atoms with Crippen LogP contribution in [0.15, 0.2) is 28.4 Å². The first-order chi connectivity index (χ1) is 9.15. The van der Waals surface area contributed by atoms with Crippen molar-refractivity contribution in [3.05, 3.63) is 23.8 Å². The molecule has 0 fully saturated rings. The molecule has 0 saturated heterocycles. The van der Waals surface area contributed by atoms with Crippen molar-refractivity contribution >= 4 is 5.91 Å². The summed E-state index contributed by atoms with van der Waals surface area (Å²) in [5, 5.41) is 10.6. The number of nitrogens with zero attached hydrogens (tertiary/aromatic N) is 2. The number of carbonyl (C=O) groups excluding carboxylic acids is 1. The predicted octanol–water partition coefficient (Wildman–Crippen LogP) is 1.99. The van der Waals surface area contributed by atoms with E-state index in [9.17, 15) is 4.79 Å². The van der Waals surface area contributed by atoms with Crippen molar-refractivity contribution in [1.82, 2.24) is 5.32 Å². The summed E-state index contributed by atoms with van der Waals surface area (Å²) in [4.78, 5) is 11.7. The Kier molecular flexibility index (Phi) is 2.85. The Balaban J connectivity index is 1.47. The molecule has 1 N–H and O–H groups in total. The van der Waals surface area contributed by atoms with E-state index in [1.807, 2.05) is 25.1 Å². The quantitative estimate of drug-likeness (QED) is 0.881. The molecule has 100 valence electrons. The minimum absolute atomic E-state index is 0.0104. The lowest BCUT2D eigenvalue weighted by molar-refractivity contribution is -0.121. The van der Waals surface area contributed by atoms with E-state index in [4.69, 9.17) is 9.47 Å². The van der Waals surface area contributed by atoms with Gasteiger partial charge in [0.05, 0.1) is 0 Å². The van der Waals surface area contributed by atoms with E-state index in [2.05, 4.69) is 15.5 Å². The number of nitrogens with one attached hydrogen (secondary N) is 1. The third-order valence-corrected chi connectivity index (χ3v) is 3.19. The van der Waals surface area contributed by atoms with Gasteiger partial charge in [0.1, 0.15) is 0 Å². The Morgan fingerprint density at radius 1 is 1.37 bits per heavy atom. The van der Waals surface area contributed by atoms with Gasteiger partial charge in [0, 0.05) is 19.4 Å². The fraction of sp³-hybridized carbons (Fsp3) is 0.462. The number of amides is 1. The molecule has 0 radical (unpaired) electrons. The monoisotopic (exact) mass is 261 g/mol. The first-order valence-corrected chi connectivity index (χ1v) is 6.24. The van der Waals surface area contributed by atoms with Gasteiger partial charge in [-0.2, -0.15) is 10.2 Å². The molecule has 3 rings (SSSR count). The molecule has 1 aromatic carbocycles. The molecule has 19 heavy (non-hydrogen) atoms. The lowest BCUT2D eigenvalue weighted by Crippen LogP contribution is -2.24. The molecular formula is C13H15N3O3. The number of carbonyl (C=O) groups is 1. The number of ether oxygens (including phenoxy) is 2.